The monoisotopic (exact) mass is 395 g/mol. The smallest absolute Gasteiger partial charge is 0.246 e. The molecule has 8 nitrogen and oxygen atoms in total. The van der Waals surface area contributed by atoms with Gasteiger partial charge in [-0.15, -0.1) is 0 Å². The normalized spacial score (nSPS) is 36.6. The lowest BCUT2D eigenvalue weighted by Crippen LogP contribution is -2.58. The van der Waals surface area contributed by atoms with Crippen LogP contribution in [-0.4, -0.2) is 70.7 Å². The standard InChI is InChI=1S/C20H33N3O5/c1-6-19-8-9-20(28-19)13(12(19)15(25)21-5)17(27)23(10-7-11-24)14(20)16(26)22-18(2,3)4/h12-14,24H,6-11H2,1-5H3,(H,21,25)(H,22,26)/t12-,13+,14?,19+,20?/m1/s1. The predicted molar refractivity (Wildman–Crippen MR) is 102 cm³/mol. The van der Waals surface area contributed by atoms with E-state index in [1.54, 1.807) is 7.05 Å². The van der Waals surface area contributed by atoms with E-state index in [-0.39, 0.29) is 30.9 Å². The molecule has 3 N–H and O–H groups in total. The number of aliphatic hydroxyl groups is 1. The van der Waals surface area contributed by atoms with Gasteiger partial charge in [-0.25, -0.2) is 0 Å². The number of amides is 3. The van der Waals surface area contributed by atoms with Crippen LogP contribution >= 0.6 is 0 Å². The molecular formula is C20H33N3O5. The molecular weight excluding hydrogens is 362 g/mol. The third-order valence-electron chi connectivity index (χ3n) is 6.51. The number of likely N-dealkylation sites (tertiary alicyclic amines) is 1. The highest BCUT2D eigenvalue weighted by molar-refractivity contribution is 5.99. The van der Waals surface area contributed by atoms with E-state index in [4.69, 9.17) is 4.74 Å². The van der Waals surface area contributed by atoms with E-state index < -0.39 is 34.6 Å². The summed E-state index contributed by atoms with van der Waals surface area (Å²) in [6.07, 6.45) is 2.21. The first-order valence-corrected chi connectivity index (χ1v) is 10.2. The first-order valence-electron chi connectivity index (χ1n) is 10.2. The quantitative estimate of drug-likeness (QED) is 0.595. The fourth-order valence-corrected chi connectivity index (χ4v) is 5.49. The van der Waals surface area contributed by atoms with Crippen molar-refractivity contribution in [3.8, 4) is 0 Å². The Bertz CT molecular complexity index is 675. The Morgan fingerprint density at radius 2 is 1.96 bits per heavy atom. The van der Waals surface area contributed by atoms with E-state index in [1.807, 2.05) is 27.7 Å². The molecule has 3 heterocycles. The van der Waals surface area contributed by atoms with Gasteiger partial charge in [-0.2, -0.15) is 0 Å². The van der Waals surface area contributed by atoms with E-state index in [0.717, 1.165) is 0 Å². The summed E-state index contributed by atoms with van der Waals surface area (Å²) in [5, 5.41) is 15.0. The van der Waals surface area contributed by atoms with Crippen LogP contribution in [-0.2, 0) is 19.1 Å². The highest BCUT2D eigenvalue weighted by atomic mass is 16.5. The Labute approximate surface area is 166 Å². The highest BCUT2D eigenvalue weighted by Gasteiger charge is 2.78. The maximum Gasteiger partial charge on any atom is 0.246 e. The van der Waals surface area contributed by atoms with Crippen LogP contribution in [0.5, 0.6) is 0 Å². The minimum Gasteiger partial charge on any atom is -0.396 e. The van der Waals surface area contributed by atoms with Crippen LogP contribution < -0.4 is 10.6 Å². The molecule has 0 aliphatic carbocycles. The Morgan fingerprint density at radius 3 is 2.50 bits per heavy atom. The number of rotatable bonds is 6. The molecule has 8 heteroatoms. The molecule has 0 aromatic heterocycles. The van der Waals surface area contributed by atoms with Crippen molar-refractivity contribution in [3.05, 3.63) is 0 Å². The van der Waals surface area contributed by atoms with E-state index >= 15 is 0 Å². The van der Waals surface area contributed by atoms with Gasteiger partial charge in [-0.3, -0.25) is 14.4 Å². The minimum absolute atomic E-state index is 0.0757. The maximum absolute atomic E-state index is 13.5. The van der Waals surface area contributed by atoms with Crippen LogP contribution in [0.25, 0.3) is 0 Å². The zero-order chi connectivity index (χ0) is 20.9. The van der Waals surface area contributed by atoms with E-state index in [0.29, 0.717) is 25.7 Å². The summed E-state index contributed by atoms with van der Waals surface area (Å²) in [5.41, 5.74) is -2.16. The van der Waals surface area contributed by atoms with Crippen LogP contribution in [0.3, 0.4) is 0 Å². The van der Waals surface area contributed by atoms with Crippen LogP contribution in [0, 0.1) is 11.8 Å². The summed E-state index contributed by atoms with van der Waals surface area (Å²) in [5.74, 6) is -1.96. The molecule has 3 aliphatic heterocycles. The fourth-order valence-electron chi connectivity index (χ4n) is 5.49. The summed E-state index contributed by atoms with van der Waals surface area (Å²) in [6.45, 7) is 7.83. The average Bonchev–Trinajstić information content (AvgIpc) is 3.21. The first-order chi connectivity index (χ1) is 13.1. The van der Waals surface area contributed by atoms with E-state index in [1.165, 1.54) is 4.90 Å². The van der Waals surface area contributed by atoms with Crippen LogP contribution in [0.1, 0.15) is 53.4 Å². The van der Waals surface area contributed by atoms with Gasteiger partial charge in [-0.1, -0.05) is 6.92 Å². The molecule has 3 amide bonds. The summed E-state index contributed by atoms with van der Waals surface area (Å²) >= 11 is 0. The van der Waals surface area contributed by atoms with Crippen LogP contribution in [0.2, 0.25) is 0 Å². The lowest BCUT2D eigenvalue weighted by atomic mass is 9.65. The molecule has 0 aromatic rings. The van der Waals surface area contributed by atoms with Crippen molar-refractivity contribution in [1.82, 2.24) is 15.5 Å². The molecule has 0 radical (unpaired) electrons. The number of aliphatic hydroxyl groups excluding tert-OH is 1. The number of ether oxygens (including phenoxy) is 1. The molecule has 3 aliphatic rings. The number of hydrogen-bond acceptors (Lipinski definition) is 5. The molecule has 3 fully saturated rings. The zero-order valence-corrected chi connectivity index (χ0v) is 17.5. The SMILES string of the molecule is CC[C@@]12CCC3(O1)C(C(=O)NC(C)(C)C)N(CCCO)C(=O)[C@@H]3[C@@H]2C(=O)NC. The molecule has 28 heavy (non-hydrogen) atoms. The molecule has 5 atom stereocenters. The average molecular weight is 396 g/mol. The largest absolute Gasteiger partial charge is 0.396 e. The highest BCUT2D eigenvalue weighted by Crippen LogP contribution is 2.64. The lowest BCUT2D eigenvalue weighted by molar-refractivity contribution is -0.148. The van der Waals surface area contributed by atoms with E-state index in [9.17, 15) is 19.5 Å². The van der Waals surface area contributed by atoms with Crippen LogP contribution in [0.15, 0.2) is 0 Å². The summed E-state index contributed by atoms with van der Waals surface area (Å²) in [4.78, 5) is 41.1. The maximum atomic E-state index is 13.5. The second kappa shape index (κ2) is 6.99. The van der Waals surface area contributed by atoms with Gasteiger partial charge in [-0.05, 0) is 46.5 Å². The molecule has 1 spiro atoms. The number of carbonyl (C=O) groups excluding carboxylic acids is 3. The van der Waals surface area contributed by atoms with Crippen molar-refractivity contribution in [2.45, 2.75) is 76.2 Å². The van der Waals surface area contributed by atoms with Crippen molar-refractivity contribution < 1.29 is 24.2 Å². The number of hydrogen-bond donors (Lipinski definition) is 3. The second-order valence-electron chi connectivity index (χ2n) is 9.30. The van der Waals surface area contributed by atoms with Gasteiger partial charge in [0.25, 0.3) is 0 Å². The molecule has 0 aromatic carbocycles. The first kappa shape index (κ1) is 21.0. The molecule has 158 valence electrons. The Kier molecular flexibility index (Phi) is 5.25. The third kappa shape index (κ3) is 2.92. The van der Waals surface area contributed by atoms with Crippen molar-refractivity contribution in [1.29, 1.82) is 0 Å². The van der Waals surface area contributed by atoms with Crippen molar-refractivity contribution in [2.75, 3.05) is 20.2 Å². The molecule has 3 rings (SSSR count). The number of fused-ring (bicyclic) bond motifs is 1. The fraction of sp³-hybridized carbons (Fsp3) is 0.850. The third-order valence-corrected chi connectivity index (χ3v) is 6.51. The molecule has 2 bridgehead atoms. The predicted octanol–water partition coefficient (Wildman–Crippen LogP) is 0.184. The minimum atomic E-state index is -0.991. The van der Waals surface area contributed by atoms with Gasteiger partial charge in [0.15, 0.2) is 0 Å². The van der Waals surface area contributed by atoms with Gasteiger partial charge < -0.3 is 25.4 Å². The molecule has 3 saturated heterocycles. The second-order valence-corrected chi connectivity index (χ2v) is 9.30. The van der Waals surface area contributed by atoms with Gasteiger partial charge in [0.2, 0.25) is 17.7 Å². The van der Waals surface area contributed by atoms with Gasteiger partial charge in [0.05, 0.1) is 17.4 Å². The zero-order valence-electron chi connectivity index (χ0n) is 17.5. The van der Waals surface area contributed by atoms with Crippen molar-refractivity contribution >= 4 is 17.7 Å². The van der Waals surface area contributed by atoms with Crippen molar-refractivity contribution in [2.24, 2.45) is 11.8 Å². The molecule has 0 saturated carbocycles. The van der Waals surface area contributed by atoms with Crippen molar-refractivity contribution in [3.63, 3.8) is 0 Å². The van der Waals surface area contributed by atoms with Gasteiger partial charge in [0.1, 0.15) is 11.6 Å². The van der Waals surface area contributed by atoms with E-state index in [2.05, 4.69) is 10.6 Å². The van der Waals surface area contributed by atoms with Gasteiger partial charge in [0, 0.05) is 25.7 Å². The summed E-state index contributed by atoms with van der Waals surface area (Å²) in [7, 11) is 1.57. The Hall–Kier alpha value is -1.67. The van der Waals surface area contributed by atoms with Gasteiger partial charge >= 0.3 is 0 Å². The lowest BCUT2D eigenvalue weighted by Gasteiger charge is -2.35. The Balaban J connectivity index is 2.06. The summed E-state index contributed by atoms with van der Waals surface area (Å²) in [6, 6.07) is -0.793. The number of carbonyl (C=O) groups is 3. The Morgan fingerprint density at radius 1 is 1.29 bits per heavy atom. The van der Waals surface area contributed by atoms with Crippen LogP contribution in [0.4, 0.5) is 0 Å². The summed E-state index contributed by atoms with van der Waals surface area (Å²) < 4.78 is 6.54. The number of nitrogens with zero attached hydrogens (tertiary/aromatic N) is 1. The molecule has 2 unspecified atom stereocenters. The topological polar surface area (TPSA) is 108 Å². The number of nitrogens with one attached hydrogen (secondary N) is 2.